The number of rotatable bonds is 5. The first kappa shape index (κ1) is 18.5. The molecule has 1 N–H and O–H groups in total. The topological polar surface area (TPSA) is 49.4 Å². The first-order valence-electron chi connectivity index (χ1n) is 9.05. The molecule has 1 aliphatic rings. The van der Waals surface area contributed by atoms with Crippen LogP contribution >= 0.6 is 11.6 Å². The van der Waals surface area contributed by atoms with Gasteiger partial charge in [-0.2, -0.15) is 0 Å². The molecule has 4 nitrogen and oxygen atoms in total. The van der Waals surface area contributed by atoms with Gasteiger partial charge in [0, 0.05) is 29.2 Å². The van der Waals surface area contributed by atoms with Crippen LogP contribution in [0.25, 0.3) is 0 Å². The highest BCUT2D eigenvalue weighted by atomic mass is 35.5. The van der Waals surface area contributed by atoms with E-state index in [0.29, 0.717) is 17.0 Å². The van der Waals surface area contributed by atoms with Gasteiger partial charge in [-0.05, 0) is 61.2 Å². The predicted molar refractivity (Wildman–Crippen MR) is 105 cm³/mol. The van der Waals surface area contributed by atoms with Crippen molar-refractivity contribution < 1.29 is 9.59 Å². The predicted octanol–water partition coefficient (Wildman–Crippen LogP) is 4.74. The molecule has 0 bridgehead atoms. The van der Waals surface area contributed by atoms with Gasteiger partial charge < -0.3 is 10.2 Å². The summed E-state index contributed by atoms with van der Waals surface area (Å²) in [6.45, 7) is 2.77. The maximum absolute atomic E-state index is 12.6. The number of nitrogens with one attached hydrogen (secondary N) is 1. The molecule has 2 aromatic rings. The summed E-state index contributed by atoms with van der Waals surface area (Å²) >= 11 is 6.06. The molecule has 0 aliphatic carbocycles. The second-order valence-corrected chi connectivity index (χ2v) is 6.98. The van der Waals surface area contributed by atoms with E-state index in [4.69, 9.17) is 11.6 Å². The lowest BCUT2D eigenvalue weighted by atomic mass is 10.0. The van der Waals surface area contributed by atoms with Crippen LogP contribution in [0.1, 0.15) is 54.6 Å². The number of anilines is 1. The third kappa shape index (κ3) is 4.25. The number of hydrogen-bond donors (Lipinski definition) is 1. The average Bonchev–Trinajstić information content (AvgIpc) is 2.66. The van der Waals surface area contributed by atoms with Gasteiger partial charge in [-0.1, -0.05) is 30.7 Å². The number of nitrogens with zero attached hydrogens (tertiary/aromatic N) is 1. The Morgan fingerprint density at radius 2 is 1.96 bits per heavy atom. The van der Waals surface area contributed by atoms with E-state index in [2.05, 4.69) is 5.32 Å². The van der Waals surface area contributed by atoms with Crippen molar-refractivity contribution in [1.82, 2.24) is 5.32 Å². The van der Waals surface area contributed by atoms with Crippen molar-refractivity contribution >= 4 is 29.1 Å². The highest BCUT2D eigenvalue weighted by Gasteiger charge is 2.20. The molecule has 1 saturated heterocycles. The molecule has 2 aromatic carbocycles. The maximum atomic E-state index is 12.6. The minimum Gasteiger partial charge on any atom is -0.345 e. The molecular formula is C21H23ClN2O2. The molecule has 0 spiro atoms. The molecule has 2 amide bonds. The smallest absolute Gasteiger partial charge is 0.251 e. The number of hydrogen-bond acceptors (Lipinski definition) is 2. The Morgan fingerprint density at radius 1 is 1.19 bits per heavy atom. The summed E-state index contributed by atoms with van der Waals surface area (Å²) in [4.78, 5) is 26.4. The number of piperidine rings is 1. The molecule has 3 rings (SSSR count). The lowest BCUT2D eigenvalue weighted by molar-refractivity contribution is -0.119. The highest BCUT2D eigenvalue weighted by molar-refractivity contribution is 6.30. The fourth-order valence-corrected chi connectivity index (χ4v) is 3.46. The van der Waals surface area contributed by atoms with Crippen molar-refractivity contribution in [3.8, 4) is 0 Å². The van der Waals surface area contributed by atoms with Crippen molar-refractivity contribution in [2.45, 2.75) is 38.6 Å². The average molecular weight is 371 g/mol. The van der Waals surface area contributed by atoms with Gasteiger partial charge in [0.25, 0.3) is 5.91 Å². The van der Waals surface area contributed by atoms with Gasteiger partial charge in [-0.3, -0.25) is 9.59 Å². The Kier molecular flexibility index (Phi) is 5.94. The van der Waals surface area contributed by atoms with Crippen LogP contribution in [0.2, 0.25) is 5.02 Å². The Morgan fingerprint density at radius 3 is 2.62 bits per heavy atom. The standard InChI is InChI=1S/C21H23ClN2O2/c1-2-19(16-6-5-7-17(22)14-16)23-21(26)15-9-11-18(12-10-15)24-13-4-3-8-20(24)25/h5-7,9-12,14,19H,2-4,8,13H2,1H3,(H,23,26). The Balaban J connectivity index is 1.70. The van der Waals surface area contributed by atoms with Crippen molar-refractivity contribution in [2.24, 2.45) is 0 Å². The van der Waals surface area contributed by atoms with Crippen molar-refractivity contribution in [3.05, 3.63) is 64.7 Å². The van der Waals surface area contributed by atoms with E-state index in [1.807, 2.05) is 43.3 Å². The van der Waals surface area contributed by atoms with Gasteiger partial charge in [0.2, 0.25) is 5.91 Å². The first-order valence-corrected chi connectivity index (χ1v) is 9.43. The van der Waals surface area contributed by atoms with E-state index < -0.39 is 0 Å². The van der Waals surface area contributed by atoms with E-state index in [0.717, 1.165) is 37.1 Å². The summed E-state index contributed by atoms with van der Waals surface area (Å²) < 4.78 is 0. The van der Waals surface area contributed by atoms with Crippen LogP contribution in [-0.4, -0.2) is 18.4 Å². The highest BCUT2D eigenvalue weighted by Crippen LogP contribution is 2.23. The van der Waals surface area contributed by atoms with Crippen LogP contribution < -0.4 is 10.2 Å². The lowest BCUT2D eigenvalue weighted by Gasteiger charge is -2.27. The molecule has 0 aromatic heterocycles. The molecule has 26 heavy (non-hydrogen) atoms. The van der Waals surface area contributed by atoms with Gasteiger partial charge in [0.05, 0.1) is 6.04 Å². The fourth-order valence-electron chi connectivity index (χ4n) is 3.26. The van der Waals surface area contributed by atoms with Crippen LogP contribution in [0.4, 0.5) is 5.69 Å². The van der Waals surface area contributed by atoms with E-state index in [-0.39, 0.29) is 17.9 Å². The Bertz CT molecular complexity index is 789. The van der Waals surface area contributed by atoms with Gasteiger partial charge in [-0.25, -0.2) is 0 Å². The fraction of sp³-hybridized carbons (Fsp3) is 0.333. The van der Waals surface area contributed by atoms with Gasteiger partial charge in [0.1, 0.15) is 0 Å². The van der Waals surface area contributed by atoms with Crippen molar-refractivity contribution in [3.63, 3.8) is 0 Å². The number of carbonyl (C=O) groups excluding carboxylic acids is 2. The lowest BCUT2D eigenvalue weighted by Crippen LogP contribution is -2.35. The zero-order valence-electron chi connectivity index (χ0n) is 14.9. The van der Waals surface area contributed by atoms with E-state index in [1.54, 1.807) is 17.0 Å². The zero-order chi connectivity index (χ0) is 18.5. The summed E-state index contributed by atoms with van der Waals surface area (Å²) in [5.41, 5.74) is 2.43. The maximum Gasteiger partial charge on any atom is 0.251 e. The largest absolute Gasteiger partial charge is 0.345 e. The number of amides is 2. The van der Waals surface area contributed by atoms with E-state index >= 15 is 0 Å². The third-order valence-corrected chi connectivity index (χ3v) is 4.96. The minimum absolute atomic E-state index is 0.0930. The normalized spacial score (nSPS) is 15.6. The summed E-state index contributed by atoms with van der Waals surface area (Å²) in [5.74, 6) is 0.0220. The molecule has 1 atom stereocenters. The quantitative estimate of drug-likeness (QED) is 0.826. The number of carbonyl (C=O) groups is 2. The third-order valence-electron chi connectivity index (χ3n) is 4.73. The minimum atomic E-state index is -0.131. The second-order valence-electron chi connectivity index (χ2n) is 6.54. The summed E-state index contributed by atoms with van der Waals surface area (Å²) in [6.07, 6.45) is 3.34. The van der Waals surface area contributed by atoms with Crippen LogP contribution in [0.15, 0.2) is 48.5 Å². The first-order chi connectivity index (χ1) is 12.6. The SMILES string of the molecule is CCC(NC(=O)c1ccc(N2CCCCC2=O)cc1)c1cccc(Cl)c1. The van der Waals surface area contributed by atoms with Gasteiger partial charge >= 0.3 is 0 Å². The number of benzene rings is 2. The molecule has 1 fully saturated rings. The van der Waals surface area contributed by atoms with Gasteiger partial charge in [-0.15, -0.1) is 0 Å². The monoisotopic (exact) mass is 370 g/mol. The summed E-state index contributed by atoms with van der Waals surface area (Å²) in [7, 11) is 0. The summed E-state index contributed by atoms with van der Waals surface area (Å²) in [6, 6.07) is 14.7. The Labute approximate surface area is 159 Å². The molecule has 1 unspecified atom stereocenters. The molecule has 0 radical (unpaired) electrons. The second kappa shape index (κ2) is 8.37. The van der Waals surface area contributed by atoms with Crippen LogP contribution in [0.5, 0.6) is 0 Å². The molecule has 1 aliphatic heterocycles. The van der Waals surface area contributed by atoms with Crippen LogP contribution in [-0.2, 0) is 4.79 Å². The number of halogens is 1. The zero-order valence-corrected chi connectivity index (χ0v) is 15.6. The molecule has 5 heteroatoms. The molecule has 0 saturated carbocycles. The molecule has 136 valence electrons. The van der Waals surface area contributed by atoms with Crippen molar-refractivity contribution in [2.75, 3.05) is 11.4 Å². The van der Waals surface area contributed by atoms with Crippen molar-refractivity contribution in [1.29, 1.82) is 0 Å². The van der Waals surface area contributed by atoms with Crippen LogP contribution in [0, 0.1) is 0 Å². The van der Waals surface area contributed by atoms with E-state index in [9.17, 15) is 9.59 Å². The van der Waals surface area contributed by atoms with Gasteiger partial charge in [0.15, 0.2) is 0 Å². The molecular weight excluding hydrogens is 348 g/mol. The van der Waals surface area contributed by atoms with E-state index in [1.165, 1.54) is 0 Å². The summed E-state index contributed by atoms with van der Waals surface area (Å²) in [5, 5.41) is 3.71. The van der Waals surface area contributed by atoms with Crippen LogP contribution in [0.3, 0.4) is 0 Å². The Hall–Kier alpha value is -2.33. The molecule has 1 heterocycles.